The van der Waals surface area contributed by atoms with Crippen molar-refractivity contribution in [3.05, 3.63) is 55.3 Å². The van der Waals surface area contributed by atoms with Gasteiger partial charge in [-0.05, 0) is 30.0 Å². The predicted molar refractivity (Wildman–Crippen MR) is 84.2 cm³/mol. The Kier molecular flexibility index (Phi) is 3.68. The fourth-order valence-corrected chi connectivity index (χ4v) is 3.07. The summed E-state index contributed by atoms with van der Waals surface area (Å²) >= 11 is 11.9. The van der Waals surface area contributed by atoms with Gasteiger partial charge in [0.25, 0.3) is 5.56 Å². The van der Waals surface area contributed by atoms with Crippen LogP contribution in [0.1, 0.15) is 25.8 Å². The van der Waals surface area contributed by atoms with Gasteiger partial charge in [-0.25, -0.2) is 4.79 Å². The zero-order valence-corrected chi connectivity index (χ0v) is 12.9. The standard InChI is InChI=1S/C15H14Cl2N2O2/c1-2-8-7-11(8)19-14(20)12(13(17)18-15(19)21)9-3-5-10(16)6-4-9/h3-6,8,11H,2,7H2,1H3,(H,18,21). The molecular weight excluding hydrogens is 311 g/mol. The summed E-state index contributed by atoms with van der Waals surface area (Å²) in [5, 5.41) is 0.644. The predicted octanol–water partition coefficient (Wildman–Crippen LogP) is 3.48. The molecule has 0 spiro atoms. The van der Waals surface area contributed by atoms with Gasteiger partial charge in [0.15, 0.2) is 0 Å². The summed E-state index contributed by atoms with van der Waals surface area (Å²) < 4.78 is 1.30. The number of aromatic nitrogens is 2. The second-order valence-electron chi connectivity index (χ2n) is 5.27. The van der Waals surface area contributed by atoms with Gasteiger partial charge in [-0.3, -0.25) is 14.3 Å². The molecule has 2 atom stereocenters. The van der Waals surface area contributed by atoms with Gasteiger partial charge in [-0.2, -0.15) is 0 Å². The summed E-state index contributed by atoms with van der Waals surface area (Å²) in [6.45, 7) is 2.06. The van der Waals surface area contributed by atoms with E-state index in [1.54, 1.807) is 24.3 Å². The van der Waals surface area contributed by atoms with E-state index < -0.39 is 5.69 Å². The van der Waals surface area contributed by atoms with Gasteiger partial charge >= 0.3 is 5.69 Å². The van der Waals surface area contributed by atoms with E-state index in [0.29, 0.717) is 22.1 Å². The van der Waals surface area contributed by atoms with Gasteiger partial charge in [0, 0.05) is 11.1 Å². The first kappa shape index (κ1) is 14.4. The Morgan fingerprint density at radius 3 is 2.48 bits per heavy atom. The van der Waals surface area contributed by atoms with Gasteiger partial charge < -0.3 is 0 Å². The normalized spacial score (nSPS) is 20.5. The Labute approximate surface area is 131 Å². The molecule has 1 heterocycles. The topological polar surface area (TPSA) is 54.9 Å². The Hall–Kier alpha value is -1.52. The molecule has 6 heteroatoms. The molecule has 3 rings (SSSR count). The number of aromatic amines is 1. The zero-order chi connectivity index (χ0) is 15.1. The van der Waals surface area contributed by atoms with E-state index in [0.717, 1.165) is 12.8 Å². The highest BCUT2D eigenvalue weighted by atomic mass is 35.5. The van der Waals surface area contributed by atoms with Crippen LogP contribution in [0.25, 0.3) is 11.1 Å². The highest BCUT2D eigenvalue weighted by Gasteiger charge is 2.39. The van der Waals surface area contributed by atoms with Crippen molar-refractivity contribution in [3.63, 3.8) is 0 Å². The second kappa shape index (κ2) is 5.35. The van der Waals surface area contributed by atoms with Gasteiger partial charge in [0.2, 0.25) is 0 Å². The average molecular weight is 325 g/mol. The second-order valence-corrected chi connectivity index (χ2v) is 6.09. The van der Waals surface area contributed by atoms with Crippen molar-refractivity contribution in [2.45, 2.75) is 25.8 Å². The summed E-state index contributed by atoms with van der Waals surface area (Å²) in [6.07, 6.45) is 1.82. The SMILES string of the molecule is CCC1CC1n1c(=O)[nH]c(Cl)c(-c2ccc(Cl)cc2)c1=O. The number of hydrogen-bond donors (Lipinski definition) is 1. The number of halogens is 2. The molecule has 1 aromatic carbocycles. The lowest BCUT2D eigenvalue weighted by Crippen LogP contribution is -2.36. The first-order valence-corrected chi connectivity index (χ1v) is 7.58. The summed E-state index contributed by atoms with van der Waals surface area (Å²) in [5.74, 6) is 0.392. The highest BCUT2D eigenvalue weighted by Crippen LogP contribution is 2.44. The molecule has 21 heavy (non-hydrogen) atoms. The third-order valence-corrected chi connectivity index (χ3v) is 4.50. The van der Waals surface area contributed by atoms with Gasteiger partial charge in [-0.15, -0.1) is 0 Å². The Morgan fingerprint density at radius 1 is 1.24 bits per heavy atom. The number of H-pyrrole nitrogens is 1. The van der Waals surface area contributed by atoms with E-state index in [2.05, 4.69) is 11.9 Å². The quantitative estimate of drug-likeness (QED) is 0.879. The molecule has 110 valence electrons. The van der Waals surface area contributed by atoms with Crippen molar-refractivity contribution in [1.29, 1.82) is 0 Å². The minimum absolute atomic E-state index is 0.0189. The molecule has 2 aromatic rings. The van der Waals surface area contributed by atoms with Gasteiger partial charge in [-0.1, -0.05) is 48.7 Å². The molecule has 0 radical (unpaired) electrons. The van der Waals surface area contributed by atoms with Crippen LogP contribution in [-0.4, -0.2) is 9.55 Å². The molecule has 1 aliphatic rings. The van der Waals surface area contributed by atoms with Crippen LogP contribution >= 0.6 is 23.2 Å². The Morgan fingerprint density at radius 2 is 1.90 bits per heavy atom. The van der Waals surface area contributed by atoms with E-state index in [1.807, 2.05) is 0 Å². The van der Waals surface area contributed by atoms with Crippen LogP contribution in [0.5, 0.6) is 0 Å². The maximum Gasteiger partial charge on any atom is 0.329 e. The number of rotatable bonds is 3. The Bertz CT molecular complexity index is 793. The summed E-state index contributed by atoms with van der Waals surface area (Å²) in [7, 11) is 0. The highest BCUT2D eigenvalue weighted by molar-refractivity contribution is 6.32. The van der Waals surface area contributed by atoms with Crippen LogP contribution < -0.4 is 11.2 Å². The van der Waals surface area contributed by atoms with Crippen LogP contribution in [0, 0.1) is 5.92 Å². The lowest BCUT2D eigenvalue weighted by molar-refractivity contribution is 0.592. The molecule has 0 amide bonds. The first-order chi connectivity index (χ1) is 10.0. The van der Waals surface area contributed by atoms with E-state index >= 15 is 0 Å². The van der Waals surface area contributed by atoms with Crippen LogP contribution in [0.3, 0.4) is 0 Å². The minimum atomic E-state index is -0.441. The molecule has 1 aliphatic carbocycles. The van der Waals surface area contributed by atoms with E-state index in [-0.39, 0.29) is 16.8 Å². The van der Waals surface area contributed by atoms with Crippen LogP contribution in [0.4, 0.5) is 0 Å². The molecule has 0 saturated heterocycles. The van der Waals surface area contributed by atoms with Crippen LogP contribution in [0.15, 0.2) is 33.9 Å². The molecule has 1 saturated carbocycles. The summed E-state index contributed by atoms with van der Waals surface area (Å²) in [5.41, 5.74) is 0.179. The third-order valence-electron chi connectivity index (χ3n) is 3.96. The average Bonchev–Trinajstić information content (AvgIpc) is 3.19. The van der Waals surface area contributed by atoms with Crippen LogP contribution in [0.2, 0.25) is 10.2 Å². The minimum Gasteiger partial charge on any atom is -0.297 e. The fraction of sp³-hybridized carbons (Fsp3) is 0.333. The maximum atomic E-state index is 12.7. The van der Waals surface area contributed by atoms with Gasteiger partial charge in [0.05, 0.1) is 5.56 Å². The lowest BCUT2D eigenvalue weighted by Gasteiger charge is -2.09. The molecule has 2 unspecified atom stereocenters. The van der Waals surface area contributed by atoms with E-state index in [9.17, 15) is 9.59 Å². The van der Waals surface area contributed by atoms with Crippen molar-refractivity contribution in [2.24, 2.45) is 5.92 Å². The first-order valence-electron chi connectivity index (χ1n) is 6.83. The molecule has 0 bridgehead atoms. The molecule has 1 aromatic heterocycles. The van der Waals surface area contributed by atoms with Crippen molar-refractivity contribution in [3.8, 4) is 11.1 Å². The zero-order valence-electron chi connectivity index (χ0n) is 11.4. The van der Waals surface area contributed by atoms with Crippen molar-refractivity contribution >= 4 is 23.2 Å². The van der Waals surface area contributed by atoms with E-state index in [4.69, 9.17) is 23.2 Å². The van der Waals surface area contributed by atoms with Crippen molar-refractivity contribution < 1.29 is 0 Å². The van der Waals surface area contributed by atoms with Crippen LogP contribution in [-0.2, 0) is 0 Å². The van der Waals surface area contributed by atoms with Gasteiger partial charge in [0.1, 0.15) is 5.15 Å². The number of nitrogens with zero attached hydrogens (tertiary/aromatic N) is 1. The third kappa shape index (κ3) is 2.54. The summed E-state index contributed by atoms with van der Waals surface area (Å²) in [4.78, 5) is 27.3. The number of nitrogens with one attached hydrogen (secondary N) is 1. The molecular formula is C15H14Cl2N2O2. The van der Waals surface area contributed by atoms with Crippen molar-refractivity contribution in [2.75, 3.05) is 0 Å². The number of benzene rings is 1. The molecule has 1 N–H and O–H groups in total. The molecule has 1 fully saturated rings. The maximum absolute atomic E-state index is 12.7. The monoisotopic (exact) mass is 324 g/mol. The molecule has 0 aliphatic heterocycles. The number of hydrogen-bond acceptors (Lipinski definition) is 2. The largest absolute Gasteiger partial charge is 0.329 e. The van der Waals surface area contributed by atoms with Crippen molar-refractivity contribution in [1.82, 2.24) is 9.55 Å². The fourth-order valence-electron chi connectivity index (χ4n) is 2.68. The lowest BCUT2D eigenvalue weighted by atomic mass is 10.1. The smallest absolute Gasteiger partial charge is 0.297 e. The molecule has 4 nitrogen and oxygen atoms in total. The van der Waals surface area contributed by atoms with E-state index in [1.165, 1.54) is 4.57 Å². The summed E-state index contributed by atoms with van der Waals surface area (Å²) in [6, 6.07) is 6.80. The Balaban J connectivity index is 2.18.